The second-order valence-corrected chi connectivity index (χ2v) is 7.88. The second-order valence-electron chi connectivity index (χ2n) is 6.60. The molecule has 1 saturated heterocycles. The second kappa shape index (κ2) is 9.07. The number of ether oxygens (including phenoxy) is 2. The van der Waals surface area contributed by atoms with Gasteiger partial charge in [0.25, 0.3) is 0 Å². The minimum atomic E-state index is -1.26. The predicted molar refractivity (Wildman–Crippen MR) is 112 cm³/mol. The van der Waals surface area contributed by atoms with Crippen LogP contribution in [-0.2, 0) is 11.2 Å². The molecule has 1 fully saturated rings. The third-order valence-electron chi connectivity index (χ3n) is 4.82. The first-order valence-electron chi connectivity index (χ1n) is 8.61. The molecule has 5 nitrogen and oxygen atoms in total. The molecule has 0 aromatic heterocycles. The van der Waals surface area contributed by atoms with Crippen molar-refractivity contribution >= 4 is 34.2 Å². The molecule has 2 unspecified atom stereocenters. The fourth-order valence-corrected chi connectivity index (χ4v) is 4.14. The first-order valence-corrected chi connectivity index (χ1v) is 10.5. The summed E-state index contributed by atoms with van der Waals surface area (Å²) in [6.07, 6.45) is -4.25. The molecular formula is C20H22ClIO5. The molecule has 3 rings (SSSR count). The van der Waals surface area contributed by atoms with Gasteiger partial charge in [-0.3, -0.25) is 0 Å². The highest BCUT2D eigenvalue weighted by Crippen LogP contribution is 2.35. The Kier molecular flexibility index (Phi) is 6.99. The Labute approximate surface area is 177 Å². The lowest BCUT2D eigenvalue weighted by molar-refractivity contribution is -0.217. The maximum atomic E-state index is 10.4. The predicted octanol–water partition coefficient (Wildman–Crippen LogP) is 2.90. The highest BCUT2D eigenvalue weighted by molar-refractivity contribution is 14.1. The molecule has 0 aliphatic carbocycles. The lowest BCUT2D eigenvalue weighted by Crippen LogP contribution is -2.54. The molecule has 0 spiro atoms. The van der Waals surface area contributed by atoms with E-state index in [1.165, 1.54) is 0 Å². The third-order valence-corrected chi connectivity index (χ3v) is 6.05. The van der Waals surface area contributed by atoms with Crippen LogP contribution in [0.2, 0.25) is 5.02 Å². The van der Waals surface area contributed by atoms with Crippen molar-refractivity contribution in [3.05, 3.63) is 64.2 Å². The van der Waals surface area contributed by atoms with Crippen LogP contribution in [0.5, 0.6) is 5.75 Å². The van der Waals surface area contributed by atoms with Crippen molar-refractivity contribution in [2.45, 2.75) is 36.9 Å². The Morgan fingerprint density at radius 3 is 2.37 bits per heavy atom. The highest BCUT2D eigenvalue weighted by Gasteiger charge is 2.43. The van der Waals surface area contributed by atoms with E-state index in [9.17, 15) is 15.3 Å². The number of hydrogen-bond acceptors (Lipinski definition) is 5. The SMILES string of the molecule is COc1ccc(Cc2cc([C@@H]3OC(CI)[C@@H](O)C(O)[C@H]3O)ccc2Cl)cc1. The molecule has 1 heterocycles. The molecule has 0 amide bonds. The fourth-order valence-electron chi connectivity index (χ4n) is 3.22. The lowest BCUT2D eigenvalue weighted by atomic mass is 9.90. The van der Waals surface area contributed by atoms with Crippen molar-refractivity contribution in [3.63, 3.8) is 0 Å². The summed E-state index contributed by atoms with van der Waals surface area (Å²) in [5, 5.41) is 31.2. The van der Waals surface area contributed by atoms with Crippen LogP contribution >= 0.6 is 34.2 Å². The molecule has 27 heavy (non-hydrogen) atoms. The van der Waals surface area contributed by atoms with E-state index in [2.05, 4.69) is 22.6 Å². The lowest BCUT2D eigenvalue weighted by Gasteiger charge is -2.40. The van der Waals surface area contributed by atoms with Gasteiger partial charge in [-0.15, -0.1) is 0 Å². The molecule has 0 bridgehead atoms. The summed E-state index contributed by atoms with van der Waals surface area (Å²) in [6.45, 7) is 0. The fraction of sp³-hybridized carbons (Fsp3) is 0.400. The largest absolute Gasteiger partial charge is 0.497 e. The molecule has 2 aromatic rings. The maximum absolute atomic E-state index is 10.4. The van der Waals surface area contributed by atoms with E-state index in [1.54, 1.807) is 19.2 Å². The summed E-state index contributed by atoms with van der Waals surface area (Å²) in [7, 11) is 1.62. The van der Waals surface area contributed by atoms with E-state index in [4.69, 9.17) is 21.1 Å². The number of halogens is 2. The number of aliphatic hydroxyl groups excluding tert-OH is 3. The highest BCUT2D eigenvalue weighted by atomic mass is 127. The van der Waals surface area contributed by atoms with E-state index >= 15 is 0 Å². The van der Waals surface area contributed by atoms with E-state index < -0.39 is 30.5 Å². The molecule has 146 valence electrons. The quantitative estimate of drug-likeness (QED) is 0.431. The van der Waals surface area contributed by atoms with Gasteiger partial charge >= 0.3 is 0 Å². The third kappa shape index (κ3) is 4.58. The zero-order valence-electron chi connectivity index (χ0n) is 14.8. The van der Waals surface area contributed by atoms with Gasteiger partial charge in [-0.05, 0) is 41.3 Å². The summed E-state index contributed by atoms with van der Waals surface area (Å²) in [6, 6.07) is 13.2. The van der Waals surface area contributed by atoms with Gasteiger partial charge < -0.3 is 24.8 Å². The Balaban J connectivity index is 1.85. The normalized spacial score (nSPS) is 28.1. The first kappa shape index (κ1) is 20.8. The number of rotatable bonds is 5. The number of alkyl halides is 1. The molecule has 0 radical (unpaired) electrons. The van der Waals surface area contributed by atoms with E-state index in [0.717, 1.165) is 22.4 Å². The van der Waals surface area contributed by atoms with Crippen molar-refractivity contribution in [2.24, 2.45) is 0 Å². The first-order chi connectivity index (χ1) is 12.9. The Morgan fingerprint density at radius 1 is 1.04 bits per heavy atom. The number of benzene rings is 2. The van der Waals surface area contributed by atoms with Crippen molar-refractivity contribution in [3.8, 4) is 5.75 Å². The Bertz CT molecular complexity index is 767. The van der Waals surface area contributed by atoms with Gasteiger partial charge in [0.2, 0.25) is 0 Å². The minimum Gasteiger partial charge on any atom is -0.497 e. The average molecular weight is 505 g/mol. The van der Waals surface area contributed by atoms with Crippen LogP contribution in [0.15, 0.2) is 42.5 Å². The zero-order valence-corrected chi connectivity index (χ0v) is 17.7. The summed E-state index contributed by atoms with van der Waals surface area (Å²) >= 11 is 8.46. The van der Waals surface area contributed by atoms with Gasteiger partial charge in [0.1, 0.15) is 30.2 Å². The molecule has 3 N–H and O–H groups in total. The van der Waals surface area contributed by atoms with Crippen molar-refractivity contribution in [1.82, 2.24) is 0 Å². The number of methoxy groups -OCH3 is 1. The van der Waals surface area contributed by atoms with Crippen LogP contribution in [0.25, 0.3) is 0 Å². The van der Waals surface area contributed by atoms with Crippen LogP contribution in [0.1, 0.15) is 22.8 Å². The molecule has 1 aliphatic heterocycles. The molecule has 7 heteroatoms. The van der Waals surface area contributed by atoms with Gasteiger partial charge in [0.05, 0.1) is 13.2 Å². The van der Waals surface area contributed by atoms with Crippen LogP contribution in [-0.4, -0.2) is 51.3 Å². The van der Waals surface area contributed by atoms with Gasteiger partial charge in [-0.1, -0.05) is 58.5 Å². The molecule has 5 atom stereocenters. The van der Waals surface area contributed by atoms with Crippen LogP contribution in [0.4, 0.5) is 0 Å². The average Bonchev–Trinajstić information content (AvgIpc) is 2.69. The summed E-state index contributed by atoms with van der Waals surface area (Å²) in [5.41, 5.74) is 2.68. The van der Waals surface area contributed by atoms with Gasteiger partial charge in [0, 0.05) is 9.45 Å². The van der Waals surface area contributed by atoms with Crippen molar-refractivity contribution in [1.29, 1.82) is 0 Å². The van der Waals surface area contributed by atoms with E-state index in [0.29, 0.717) is 15.9 Å². The molecule has 0 saturated carbocycles. The van der Waals surface area contributed by atoms with Gasteiger partial charge in [-0.25, -0.2) is 0 Å². The molecule has 1 aliphatic rings. The maximum Gasteiger partial charge on any atom is 0.118 e. The van der Waals surface area contributed by atoms with E-state index in [1.807, 2.05) is 30.3 Å². The topological polar surface area (TPSA) is 79.2 Å². The van der Waals surface area contributed by atoms with Gasteiger partial charge in [0.15, 0.2) is 0 Å². The monoisotopic (exact) mass is 504 g/mol. The smallest absolute Gasteiger partial charge is 0.118 e. The molecular weight excluding hydrogens is 483 g/mol. The van der Waals surface area contributed by atoms with Crippen molar-refractivity contribution in [2.75, 3.05) is 11.5 Å². The summed E-state index contributed by atoms with van der Waals surface area (Å²) in [4.78, 5) is 0. The number of aliphatic hydroxyl groups is 3. The van der Waals surface area contributed by atoms with Crippen molar-refractivity contribution < 1.29 is 24.8 Å². The summed E-state index contributed by atoms with van der Waals surface area (Å²) < 4.78 is 11.5. The van der Waals surface area contributed by atoms with Crippen LogP contribution < -0.4 is 4.74 Å². The van der Waals surface area contributed by atoms with E-state index in [-0.39, 0.29) is 0 Å². The molecule has 2 aromatic carbocycles. The standard InChI is InChI=1S/C20H22ClIO5/c1-26-14-5-2-11(3-6-14)8-13-9-12(4-7-15(13)21)20-19(25)18(24)17(23)16(10-22)27-20/h2-7,9,16-20,23-25H,8,10H2,1H3/t16?,17-,18?,19-,20+/m1/s1. The number of hydrogen-bond donors (Lipinski definition) is 3. The summed E-state index contributed by atoms with van der Waals surface area (Å²) in [5.74, 6) is 0.787. The Morgan fingerprint density at radius 2 is 1.74 bits per heavy atom. The van der Waals surface area contributed by atoms with Gasteiger partial charge in [-0.2, -0.15) is 0 Å². The zero-order chi connectivity index (χ0) is 19.6. The Hall–Kier alpha value is -0.900. The van der Waals surface area contributed by atoms with Crippen LogP contribution in [0.3, 0.4) is 0 Å². The minimum absolute atomic E-state index is 0.505. The van der Waals surface area contributed by atoms with Crippen LogP contribution in [0, 0.1) is 0 Å².